The molecule has 2 aliphatic carbocycles. The van der Waals surface area contributed by atoms with E-state index in [1.165, 1.54) is 12.8 Å². The Labute approximate surface area is 143 Å². The van der Waals surface area contributed by atoms with Crippen LogP contribution in [0.25, 0.3) is 0 Å². The van der Waals surface area contributed by atoms with Crippen LogP contribution in [-0.2, 0) is 17.6 Å². The molecule has 1 saturated carbocycles. The van der Waals surface area contributed by atoms with E-state index >= 15 is 0 Å². The van der Waals surface area contributed by atoms with E-state index in [9.17, 15) is 4.79 Å². The molecule has 8 heteroatoms. The van der Waals surface area contributed by atoms with Crippen molar-refractivity contribution < 1.29 is 4.74 Å². The van der Waals surface area contributed by atoms with E-state index in [1.807, 2.05) is 0 Å². The van der Waals surface area contributed by atoms with Crippen molar-refractivity contribution in [2.24, 2.45) is 0 Å². The monoisotopic (exact) mass is 345 g/mol. The molecule has 2 aromatic heterocycles. The van der Waals surface area contributed by atoms with Gasteiger partial charge in [0, 0.05) is 12.0 Å². The van der Waals surface area contributed by atoms with Gasteiger partial charge in [0.1, 0.15) is 11.0 Å². The van der Waals surface area contributed by atoms with Gasteiger partial charge < -0.3 is 10.1 Å². The lowest BCUT2D eigenvalue weighted by molar-refractivity contribution is 0.182. The second-order valence-electron chi connectivity index (χ2n) is 6.83. The van der Waals surface area contributed by atoms with Crippen LogP contribution in [0.4, 0.5) is 5.13 Å². The maximum Gasteiger partial charge on any atom is 0.267 e. The molecule has 2 atom stereocenters. The van der Waals surface area contributed by atoms with E-state index in [4.69, 9.17) is 4.74 Å². The number of nitrogens with zero attached hydrogens (tertiary/aromatic N) is 4. The van der Waals surface area contributed by atoms with Crippen molar-refractivity contribution in [1.82, 2.24) is 20.0 Å². The number of nitrogens with one attached hydrogen (secondary N) is 1. The van der Waals surface area contributed by atoms with Gasteiger partial charge in [0.25, 0.3) is 5.56 Å². The van der Waals surface area contributed by atoms with Crippen molar-refractivity contribution in [1.29, 1.82) is 0 Å². The molecule has 0 amide bonds. The highest BCUT2D eigenvalue weighted by molar-refractivity contribution is 7.15. The molecule has 24 heavy (non-hydrogen) atoms. The number of anilines is 1. The number of aromatic nitrogens is 4. The summed E-state index contributed by atoms with van der Waals surface area (Å²) in [5.41, 5.74) is 2.14. The van der Waals surface area contributed by atoms with Gasteiger partial charge in [-0.05, 0) is 37.7 Å². The third-order valence-electron chi connectivity index (χ3n) is 5.02. The third kappa shape index (κ3) is 2.53. The van der Waals surface area contributed by atoms with Crippen LogP contribution in [0.5, 0.6) is 0 Å². The number of fused-ring (bicyclic) bond motifs is 1. The lowest BCUT2D eigenvalue weighted by Crippen LogP contribution is -2.37. The van der Waals surface area contributed by atoms with E-state index in [0.717, 1.165) is 40.7 Å². The molecule has 7 nitrogen and oxygen atoms in total. The molecule has 1 aliphatic heterocycles. The minimum absolute atomic E-state index is 0.00495. The van der Waals surface area contributed by atoms with E-state index in [1.54, 1.807) is 22.1 Å². The number of rotatable bonds is 4. The van der Waals surface area contributed by atoms with Gasteiger partial charge in [-0.25, -0.2) is 4.68 Å². The van der Waals surface area contributed by atoms with Crippen LogP contribution in [0.15, 0.2) is 10.9 Å². The van der Waals surface area contributed by atoms with Crippen LogP contribution in [0, 0.1) is 0 Å². The van der Waals surface area contributed by atoms with E-state index in [0.29, 0.717) is 19.1 Å². The maximum absolute atomic E-state index is 12.5. The third-order valence-corrected chi connectivity index (χ3v) is 6.04. The average Bonchev–Trinajstić information content (AvgIpc) is 2.98. The fourth-order valence-electron chi connectivity index (χ4n) is 3.52. The number of hydrogen-bond acceptors (Lipinski definition) is 7. The molecule has 0 spiro atoms. The Bertz CT molecular complexity index is 828. The molecule has 0 aromatic carbocycles. The molecule has 2 aromatic rings. The first kappa shape index (κ1) is 14.5. The minimum Gasteiger partial charge on any atom is -0.377 e. The van der Waals surface area contributed by atoms with Crippen molar-refractivity contribution in [3.05, 3.63) is 32.7 Å². The molecular weight excluding hydrogens is 326 g/mol. The zero-order valence-corrected chi connectivity index (χ0v) is 14.1. The van der Waals surface area contributed by atoms with Gasteiger partial charge in [0.05, 0.1) is 24.9 Å². The molecule has 0 bridgehead atoms. The maximum atomic E-state index is 12.5. The molecule has 1 saturated heterocycles. The van der Waals surface area contributed by atoms with Crippen LogP contribution in [0.1, 0.15) is 47.5 Å². The molecule has 3 heterocycles. The van der Waals surface area contributed by atoms with Gasteiger partial charge in [0.15, 0.2) is 0 Å². The summed E-state index contributed by atoms with van der Waals surface area (Å²) in [5, 5.41) is 18.5. The Balaban J connectivity index is 1.39. The summed E-state index contributed by atoms with van der Waals surface area (Å²) in [7, 11) is 0. The molecule has 5 rings (SSSR count). The molecule has 2 fully saturated rings. The zero-order valence-electron chi connectivity index (χ0n) is 13.3. The highest BCUT2D eigenvalue weighted by atomic mass is 32.1. The van der Waals surface area contributed by atoms with Crippen molar-refractivity contribution in [2.75, 3.05) is 18.5 Å². The van der Waals surface area contributed by atoms with Gasteiger partial charge in [-0.1, -0.05) is 11.3 Å². The van der Waals surface area contributed by atoms with Gasteiger partial charge in [-0.2, -0.15) is 5.10 Å². The molecule has 0 radical (unpaired) electrons. The Morgan fingerprint density at radius 1 is 1.25 bits per heavy atom. The quantitative estimate of drug-likeness (QED) is 0.905. The van der Waals surface area contributed by atoms with E-state index < -0.39 is 0 Å². The normalized spacial score (nSPS) is 25.8. The number of hydrogen-bond donors (Lipinski definition) is 1. The standard InChI is InChI=1S/C16H19N5O2S/c22-14-6-10-2-1-3-11(10)20-21(14)13-8-23-7-12(13)17-16-19-18-15(24-16)9-4-5-9/h6,9,12-13H,1-5,7-8H2,(H,17,19). The summed E-state index contributed by atoms with van der Waals surface area (Å²) in [6, 6.07) is 1.65. The van der Waals surface area contributed by atoms with Gasteiger partial charge in [0.2, 0.25) is 5.13 Å². The SMILES string of the molecule is O=c1cc2c(nn1C1COCC1Nc1nnc(C3CC3)s1)CCC2. The molecule has 126 valence electrons. The van der Waals surface area contributed by atoms with Gasteiger partial charge >= 0.3 is 0 Å². The van der Waals surface area contributed by atoms with E-state index in [2.05, 4.69) is 20.6 Å². The summed E-state index contributed by atoms with van der Waals surface area (Å²) < 4.78 is 7.24. The smallest absolute Gasteiger partial charge is 0.267 e. The first-order chi connectivity index (χ1) is 11.8. The van der Waals surface area contributed by atoms with E-state index in [-0.39, 0.29) is 17.6 Å². The molecule has 2 unspecified atom stereocenters. The zero-order chi connectivity index (χ0) is 16.1. The Hall–Kier alpha value is -1.80. The van der Waals surface area contributed by atoms with Crippen molar-refractivity contribution in [3.63, 3.8) is 0 Å². The largest absolute Gasteiger partial charge is 0.377 e. The van der Waals surface area contributed by atoms with Crippen LogP contribution in [0.2, 0.25) is 0 Å². The summed E-state index contributed by atoms with van der Waals surface area (Å²) in [6.07, 6.45) is 5.46. The number of ether oxygens (including phenoxy) is 1. The predicted octanol–water partition coefficient (Wildman–Crippen LogP) is 1.51. The van der Waals surface area contributed by atoms with Crippen LogP contribution in [-0.4, -0.2) is 39.2 Å². The lowest BCUT2D eigenvalue weighted by atomic mass is 10.1. The van der Waals surface area contributed by atoms with Gasteiger partial charge in [-0.3, -0.25) is 4.79 Å². The highest BCUT2D eigenvalue weighted by Crippen LogP contribution is 2.42. The Morgan fingerprint density at radius 3 is 3.04 bits per heavy atom. The summed E-state index contributed by atoms with van der Waals surface area (Å²) >= 11 is 1.62. The highest BCUT2D eigenvalue weighted by Gasteiger charge is 2.34. The second-order valence-corrected chi connectivity index (χ2v) is 7.84. The van der Waals surface area contributed by atoms with Crippen molar-refractivity contribution in [2.45, 2.75) is 50.1 Å². The number of aryl methyl sites for hydroxylation is 2. The minimum atomic E-state index is -0.100. The fourth-order valence-corrected chi connectivity index (χ4v) is 4.50. The second kappa shape index (κ2) is 5.63. The van der Waals surface area contributed by atoms with Crippen LogP contribution in [0.3, 0.4) is 0 Å². The van der Waals surface area contributed by atoms with Crippen LogP contribution < -0.4 is 10.9 Å². The summed E-state index contributed by atoms with van der Waals surface area (Å²) in [4.78, 5) is 12.5. The molecular formula is C16H19N5O2S. The predicted molar refractivity (Wildman–Crippen MR) is 89.7 cm³/mol. The molecule has 3 aliphatic rings. The van der Waals surface area contributed by atoms with Crippen molar-refractivity contribution >= 4 is 16.5 Å². The summed E-state index contributed by atoms with van der Waals surface area (Å²) in [5.74, 6) is 0.606. The molecule has 1 N–H and O–H groups in total. The topological polar surface area (TPSA) is 81.9 Å². The Kier molecular flexibility index (Phi) is 3.41. The fraction of sp³-hybridized carbons (Fsp3) is 0.625. The average molecular weight is 345 g/mol. The van der Waals surface area contributed by atoms with Gasteiger partial charge in [-0.15, -0.1) is 10.2 Å². The summed E-state index contributed by atoms with van der Waals surface area (Å²) in [6.45, 7) is 1.05. The first-order valence-corrected chi connectivity index (χ1v) is 9.39. The van der Waals surface area contributed by atoms with Crippen molar-refractivity contribution in [3.8, 4) is 0 Å². The lowest BCUT2D eigenvalue weighted by Gasteiger charge is -2.20. The van der Waals surface area contributed by atoms with Crippen LogP contribution >= 0.6 is 11.3 Å². The Morgan fingerprint density at radius 2 is 2.17 bits per heavy atom. The first-order valence-electron chi connectivity index (χ1n) is 8.57.